The van der Waals surface area contributed by atoms with Crippen LogP contribution in [0.15, 0.2) is 36.9 Å². The molecule has 0 saturated carbocycles. The van der Waals surface area contributed by atoms with Crippen molar-refractivity contribution in [2.45, 2.75) is 13.0 Å². The number of amides is 1. The predicted molar refractivity (Wildman–Crippen MR) is 70.3 cm³/mol. The summed E-state index contributed by atoms with van der Waals surface area (Å²) in [6.45, 7) is 5.55. The van der Waals surface area contributed by atoms with E-state index >= 15 is 0 Å². The van der Waals surface area contributed by atoms with Crippen molar-refractivity contribution in [1.82, 2.24) is 9.97 Å². The molecule has 1 atom stereocenters. The summed E-state index contributed by atoms with van der Waals surface area (Å²) in [5.41, 5.74) is 1.69. The zero-order chi connectivity index (χ0) is 13.0. The summed E-state index contributed by atoms with van der Waals surface area (Å²) in [5, 5.41) is 2.68. The van der Waals surface area contributed by atoms with E-state index < -0.39 is 6.10 Å². The van der Waals surface area contributed by atoms with Gasteiger partial charge in [0.05, 0.1) is 17.6 Å². The van der Waals surface area contributed by atoms with E-state index in [0.29, 0.717) is 12.6 Å². The van der Waals surface area contributed by atoms with E-state index in [-0.39, 0.29) is 5.91 Å². The van der Waals surface area contributed by atoms with Crippen LogP contribution < -0.4 is 5.32 Å². The topological polar surface area (TPSA) is 67.0 Å². The molecule has 1 heterocycles. The van der Waals surface area contributed by atoms with Crippen molar-refractivity contribution in [1.29, 1.82) is 0 Å². The fourth-order valence-corrected chi connectivity index (χ4v) is 1.52. The summed E-state index contributed by atoms with van der Waals surface area (Å²) in [6.07, 6.45) is 1.06. The van der Waals surface area contributed by atoms with Gasteiger partial charge in [-0.25, -0.2) is 4.98 Å². The van der Waals surface area contributed by atoms with Gasteiger partial charge in [0.25, 0.3) is 5.91 Å². The number of fused-ring (bicyclic) bond motifs is 1. The third-order valence-electron chi connectivity index (χ3n) is 2.46. The molecule has 0 aliphatic rings. The van der Waals surface area contributed by atoms with Crippen molar-refractivity contribution >= 4 is 22.9 Å². The Morgan fingerprint density at radius 1 is 1.61 bits per heavy atom. The Bertz CT molecular complexity index is 529. The number of ether oxygens (including phenoxy) is 1. The van der Waals surface area contributed by atoms with Gasteiger partial charge in [0.1, 0.15) is 6.10 Å². The number of hydrogen-bond acceptors (Lipinski definition) is 3. The number of rotatable bonds is 5. The summed E-state index contributed by atoms with van der Waals surface area (Å²) < 4.78 is 5.23. The summed E-state index contributed by atoms with van der Waals surface area (Å²) in [7, 11) is 0. The predicted octanol–water partition coefficient (Wildman–Crippen LogP) is 2.09. The maximum absolute atomic E-state index is 11.8. The standard InChI is InChI=1S/C13H15N3O2/c1-3-8-18-9(2)12(17)16-13-14-10-6-4-5-7-11(10)15-13/h3-7,9H,1,8H2,2H3,(H2,14,15,16,17)/t9-/m0/s1. The molecule has 18 heavy (non-hydrogen) atoms. The lowest BCUT2D eigenvalue weighted by atomic mass is 10.3. The Balaban J connectivity index is 2.04. The Morgan fingerprint density at radius 2 is 2.39 bits per heavy atom. The molecule has 5 heteroatoms. The molecule has 0 aliphatic heterocycles. The van der Waals surface area contributed by atoms with E-state index in [1.807, 2.05) is 24.3 Å². The SMILES string of the molecule is C=CCO[C@@H](C)C(=O)Nc1nc2ccccc2[nH]1. The number of H-pyrrole nitrogens is 1. The fraction of sp³-hybridized carbons (Fsp3) is 0.231. The molecule has 94 valence electrons. The number of benzene rings is 1. The minimum absolute atomic E-state index is 0.240. The zero-order valence-electron chi connectivity index (χ0n) is 10.1. The second-order valence-electron chi connectivity index (χ2n) is 3.86. The molecule has 1 aromatic carbocycles. The average molecular weight is 245 g/mol. The molecule has 0 saturated heterocycles. The van der Waals surface area contributed by atoms with Crippen LogP contribution in [0, 0.1) is 0 Å². The van der Waals surface area contributed by atoms with Gasteiger partial charge in [0, 0.05) is 0 Å². The van der Waals surface area contributed by atoms with Gasteiger partial charge in [-0.05, 0) is 19.1 Å². The lowest BCUT2D eigenvalue weighted by Crippen LogP contribution is -2.28. The first-order chi connectivity index (χ1) is 8.70. The molecule has 0 spiro atoms. The highest BCUT2D eigenvalue weighted by Gasteiger charge is 2.14. The van der Waals surface area contributed by atoms with Crippen LogP contribution in [0.1, 0.15) is 6.92 Å². The van der Waals surface area contributed by atoms with Crippen LogP contribution in [-0.2, 0) is 9.53 Å². The van der Waals surface area contributed by atoms with E-state index in [1.165, 1.54) is 0 Å². The highest BCUT2D eigenvalue weighted by atomic mass is 16.5. The number of nitrogens with zero attached hydrogens (tertiary/aromatic N) is 1. The summed E-state index contributed by atoms with van der Waals surface area (Å²) in [6, 6.07) is 7.57. The molecule has 0 unspecified atom stereocenters. The maximum Gasteiger partial charge on any atom is 0.255 e. The number of aromatic amines is 1. The molecule has 2 aromatic rings. The van der Waals surface area contributed by atoms with Gasteiger partial charge in [-0.1, -0.05) is 18.2 Å². The van der Waals surface area contributed by atoms with Crippen LogP contribution in [0.25, 0.3) is 11.0 Å². The van der Waals surface area contributed by atoms with Gasteiger partial charge in [-0.15, -0.1) is 6.58 Å². The van der Waals surface area contributed by atoms with Gasteiger partial charge in [0.15, 0.2) is 0 Å². The van der Waals surface area contributed by atoms with Gasteiger partial charge in [-0.3, -0.25) is 10.1 Å². The van der Waals surface area contributed by atoms with Gasteiger partial charge in [0.2, 0.25) is 5.95 Å². The van der Waals surface area contributed by atoms with Crippen LogP contribution in [0.3, 0.4) is 0 Å². The second kappa shape index (κ2) is 5.46. The quantitative estimate of drug-likeness (QED) is 0.793. The first-order valence-corrected chi connectivity index (χ1v) is 5.69. The van der Waals surface area contributed by atoms with Crippen molar-refractivity contribution in [2.75, 3.05) is 11.9 Å². The summed E-state index contributed by atoms with van der Waals surface area (Å²) in [4.78, 5) is 19.0. The number of carbonyl (C=O) groups is 1. The van der Waals surface area contributed by atoms with E-state index in [9.17, 15) is 4.79 Å². The number of nitrogens with one attached hydrogen (secondary N) is 2. The molecule has 0 aliphatic carbocycles. The third-order valence-corrected chi connectivity index (χ3v) is 2.46. The van der Waals surface area contributed by atoms with Gasteiger partial charge < -0.3 is 9.72 Å². The normalized spacial score (nSPS) is 12.3. The number of imidazole rings is 1. The zero-order valence-corrected chi connectivity index (χ0v) is 10.1. The van der Waals surface area contributed by atoms with E-state index in [1.54, 1.807) is 13.0 Å². The number of anilines is 1. The van der Waals surface area contributed by atoms with Crippen LogP contribution in [-0.4, -0.2) is 28.6 Å². The third kappa shape index (κ3) is 2.75. The van der Waals surface area contributed by atoms with Crippen molar-refractivity contribution in [3.8, 4) is 0 Å². The largest absolute Gasteiger partial charge is 0.365 e. The highest BCUT2D eigenvalue weighted by molar-refractivity contribution is 5.93. The number of para-hydroxylation sites is 2. The van der Waals surface area contributed by atoms with Crippen molar-refractivity contribution in [3.63, 3.8) is 0 Å². The minimum atomic E-state index is -0.545. The lowest BCUT2D eigenvalue weighted by molar-refractivity contribution is -0.125. The van der Waals surface area contributed by atoms with Crippen LogP contribution >= 0.6 is 0 Å². The molecule has 1 aromatic heterocycles. The Hall–Kier alpha value is -2.14. The Labute approximate surface area is 105 Å². The van der Waals surface area contributed by atoms with Crippen molar-refractivity contribution in [3.05, 3.63) is 36.9 Å². The Kier molecular flexibility index (Phi) is 3.74. The van der Waals surface area contributed by atoms with E-state index in [2.05, 4.69) is 21.9 Å². The first kappa shape index (κ1) is 12.3. The molecule has 1 amide bonds. The molecular formula is C13H15N3O2. The van der Waals surface area contributed by atoms with Crippen molar-refractivity contribution < 1.29 is 9.53 Å². The van der Waals surface area contributed by atoms with E-state index in [4.69, 9.17) is 4.74 Å². The molecule has 0 fully saturated rings. The smallest absolute Gasteiger partial charge is 0.255 e. The Morgan fingerprint density at radius 3 is 3.11 bits per heavy atom. The maximum atomic E-state index is 11.8. The molecule has 2 rings (SSSR count). The number of carbonyl (C=O) groups excluding carboxylic acids is 1. The lowest BCUT2D eigenvalue weighted by Gasteiger charge is -2.10. The average Bonchev–Trinajstić information content (AvgIpc) is 2.77. The second-order valence-corrected chi connectivity index (χ2v) is 3.86. The van der Waals surface area contributed by atoms with Crippen LogP contribution in [0.5, 0.6) is 0 Å². The number of aromatic nitrogens is 2. The fourth-order valence-electron chi connectivity index (χ4n) is 1.52. The molecular weight excluding hydrogens is 230 g/mol. The summed E-state index contributed by atoms with van der Waals surface area (Å²) in [5.74, 6) is 0.186. The van der Waals surface area contributed by atoms with Gasteiger partial charge in [-0.2, -0.15) is 0 Å². The van der Waals surface area contributed by atoms with E-state index in [0.717, 1.165) is 11.0 Å². The number of hydrogen-bond donors (Lipinski definition) is 2. The molecule has 2 N–H and O–H groups in total. The summed E-state index contributed by atoms with van der Waals surface area (Å²) >= 11 is 0. The highest BCUT2D eigenvalue weighted by Crippen LogP contribution is 2.13. The molecule has 0 bridgehead atoms. The molecule has 5 nitrogen and oxygen atoms in total. The minimum Gasteiger partial charge on any atom is -0.365 e. The van der Waals surface area contributed by atoms with Crippen LogP contribution in [0.4, 0.5) is 5.95 Å². The molecule has 0 radical (unpaired) electrons. The van der Waals surface area contributed by atoms with Gasteiger partial charge >= 0.3 is 0 Å². The van der Waals surface area contributed by atoms with Crippen molar-refractivity contribution in [2.24, 2.45) is 0 Å². The monoisotopic (exact) mass is 245 g/mol. The first-order valence-electron chi connectivity index (χ1n) is 5.69. The van der Waals surface area contributed by atoms with Crippen LogP contribution in [0.2, 0.25) is 0 Å².